The van der Waals surface area contributed by atoms with Crippen molar-refractivity contribution in [3.8, 4) is 0 Å². The molecule has 0 fully saturated rings. The van der Waals surface area contributed by atoms with E-state index >= 15 is 0 Å². The Morgan fingerprint density at radius 3 is 2.86 bits per heavy atom. The van der Waals surface area contributed by atoms with Gasteiger partial charge in [-0.1, -0.05) is 37.2 Å². The van der Waals surface area contributed by atoms with Crippen LogP contribution in [0, 0.1) is 0 Å². The molecule has 2 N–H and O–H groups in total. The highest BCUT2D eigenvalue weighted by molar-refractivity contribution is 5.80. The standard InChI is InChI=1S/C21H30N6O/c1-4-22-21(24-13-10-19-25-20(16(2)3)26-28-19)23-12-7-14-27-15-11-17-8-5-6-9-18(17)27/h5-6,8-9,11,15-16H,4,7,10,12-14H2,1-3H3,(H2,22,23,24). The number of fused-ring (bicyclic) bond motifs is 1. The second kappa shape index (κ2) is 9.92. The molecule has 0 unspecified atom stereocenters. The zero-order chi connectivity index (χ0) is 19.8. The minimum Gasteiger partial charge on any atom is -0.357 e. The second-order valence-electron chi connectivity index (χ2n) is 7.06. The Morgan fingerprint density at radius 2 is 2.07 bits per heavy atom. The SMILES string of the molecule is CCNC(=NCCCn1ccc2ccccc21)NCCc1nc(C(C)C)no1. The summed E-state index contributed by atoms with van der Waals surface area (Å²) in [6.45, 7) is 9.42. The molecular weight excluding hydrogens is 352 g/mol. The first kappa shape index (κ1) is 19.9. The van der Waals surface area contributed by atoms with Gasteiger partial charge in [0, 0.05) is 50.2 Å². The first-order valence-corrected chi connectivity index (χ1v) is 10.1. The van der Waals surface area contributed by atoms with E-state index in [0.717, 1.165) is 37.8 Å². The van der Waals surface area contributed by atoms with Gasteiger partial charge in [0.1, 0.15) is 0 Å². The number of nitrogens with zero attached hydrogens (tertiary/aromatic N) is 4. The van der Waals surface area contributed by atoms with Crippen molar-refractivity contribution >= 4 is 16.9 Å². The lowest BCUT2D eigenvalue weighted by Crippen LogP contribution is -2.38. The average Bonchev–Trinajstić information content (AvgIpc) is 3.32. The summed E-state index contributed by atoms with van der Waals surface area (Å²) in [5.41, 5.74) is 1.27. The molecular formula is C21H30N6O. The Balaban J connectivity index is 1.45. The van der Waals surface area contributed by atoms with Crippen LogP contribution in [0.15, 0.2) is 46.0 Å². The minimum atomic E-state index is 0.279. The Hall–Kier alpha value is -2.83. The van der Waals surface area contributed by atoms with Gasteiger partial charge < -0.3 is 19.7 Å². The molecule has 0 saturated carbocycles. The smallest absolute Gasteiger partial charge is 0.228 e. The third-order valence-corrected chi connectivity index (χ3v) is 4.48. The number of hydrogen-bond donors (Lipinski definition) is 2. The van der Waals surface area contributed by atoms with Crippen LogP contribution in [0.3, 0.4) is 0 Å². The molecule has 0 atom stereocenters. The normalized spacial score (nSPS) is 12.1. The lowest BCUT2D eigenvalue weighted by atomic mass is 10.2. The van der Waals surface area contributed by atoms with Crippen molar-refractivity contribution in [1.29, 1.82) is 0 Å². The minimum absolute atomic E-state index is 0.279. The molecule has 150 valence electrons. The maximum Gasteiger partial charge on any atom is 0.228 e. The van der Waals surface area contributed by atoms with Crippen molar-refractivity contribution < 1.29 is 4.52 Å². The van der Waals surface area contributed by atoms with Crippen molar-refractivity contribution in [1.82, 2.24) is 25.3 Å². The number of aromatic nitrogens is 3. The van der Waals surface area contributed by atoms with Crippen LogP contribution in [0.25, 0.3) is 10.9 Å². The summed E-state index contributed by atoms with van der Waals surface area (Å²) in [6.07, 6.45) is 3.81. The van der Waals surface area contributed by atoms with Gasteiger partial charge in [0.2, 0.25) is 5.89 Å². The van der Waals surface area contributed by atoms with Crippen LogP contribution >= 0.6 is 0 Å². The number of aliphatic imine (C=N–C) groups is 1. The van der Waals surface area contributed by atoms with Crippen LogP contribution in [-0.4, -0.2) is 40.3 Å². The van der Waals surface area contributed by atoms with Gasteiger partial charge >= 0.3 is 0 Å². The summed E-state index contributed by atoms with van der Waals surface area (Å²) in [4.78, 5) is 9.07. The van der Waals surface area contributed by atoms with Gasteiger partial charge in [-0.2, -0.15) is 4.98 Å². The summed E-state index contributed by atoms with van der Waals surface area (Å²) in [6, 6.07) is 10.6. The number of guanidine groups is 1. The second-order valence-corrected chi connectivity index (χ2v) is 7.06. The molecule has 7 heteroatoms. The fraction of sp³-hybridized carbons (Fsp3) is 0.476. The van der Waals surface area contributed by atoms with Gasteiger partial charge in [-0.05, 0) is 30.9 Å². The third kappa shape index (κ3) is 5.34. The van der Waals surface area contributed by atoms with Crippen LogP contribution in [0.2, 0.25) is 0 Å². The Bertz CT molecular complexity index is 895. The van der Waals surface area contributed by atoms with Crippen LogP contribution in [-0.2, 0) is 13.0 Å². The third-order valence-electron chi connectivity index (χ3n) is 4.48. The van der Waals surface area contributed by atoms with Crippen molar-refractivity contribution in [2.45, 2.75) is 46.1 Å². The maximum absolute atomic E-state index is 5.28. The first-order chi connectivity index (χ1) is 13.7. The van der Waals surface area contributed by atoms with E-state index in [1.165, 1.54) is 10.9 Å². The van der Waals surface area contributed by atoms with Gasteiger partial charge in [-0.15, -0.1) is 0 Å². The number of nitrogens with one attached hydrogen (secondary N) is 2. The lowest BCUT2D eigenvalue weighted by Gasteiger charge is -2.10. The number of benzene rings is 1. The van der Waals surface area contributed by atoms with Crippen LogP contribution in [0.4, 0.5) is 0 Å². The van der Waals surface area contributed by atoms with Gasteiger partial charge in [0.05, 0.1) is 0 Å². The van der Waals surface area contributed by atoms with E-state index in [-0.39, 0.29) is 5.92 Å². The molecule has 0 aliphatic rings. The van der Waals surface area contributed by atoms with Gasteiger partial charge in [-0.25, -0.2) is 0 Å². The first-order valence-electron chi connectivity index (χ1n) is 10.1. The van der Waals surface area contributed by atoms with E-state index in [1.807, 2.05) is 0 Å². The monoisotopic (exact) mass is 382 g/mol. The number of aryl methyl sites for hydroxylation is 1. The number of hydrogen-bond acceptors (Lipinski definition) is 4. The molecule has 0 aliphatic heterocycles. The van der Waals surface area contributed by atoms with Crippen molar-refractivity contribution in [3.63, 3.8) is 0 Å². The predicted octanol–water partition coefficient (Wildman–Crippen LogP) is 3.34. The predicted molar refractivity (Wildman–Crippen MR) is 113 cm³/mol. The van der Waals surface area contributed by atoms with E-state index in [0.29, 0.717) is 18.9 Å². The zero-order valence-electron chi connectivity index (χ0n) is 17.0. The lowest BCUT2D eigenvalue weighted by molar-refractivity contribution is 0.371. The van der Waals surface area contributed by atoms with E-state index in [4.69, 9.17) is 4.52 Å². The zero-order valence-corrected chi connectivity index (χ0v) is 17.0. The summed E-state index contributed by atoms with van der Waals surface area (Å²) in [7, 11) is 0. The molecule has 0 radical (unpaired) electrons. The largest absolute Gasteiger partial charge is 0.357 e. The maximum atomic E-state index is 5.28. The van der Waals surface area contributed by atoms with Crippen molar-refractivity contribution in [3.05, 3.63) is 48.2 Å². The van der Waals surface area contributed by atoms with Crippen molar-refractivity contribution in [2.75, 3.05) is 19.6 Å². The fourth-order valence-electron chi connectivity index (χ4n) is 3.00. The molecule has 1 aromatic carbocycles. The van der Waals surface area contributed by atoms with Crippen LogP contribution in [0.5, 0.6) is 0 Å². The Kier molecular flexibility index (Phi) is 7.06. The summed E-state index contributed by atoms with van der Waals surface area (Å²) in [5.74, 6) is 2.52. The van der Waals surface area contributed by atoms with Crippen LogP contribution in [0.1, 0.15) is 44.8 Å². The summed E-state index contributed by atoms with van der Waals surface area (Å²) >= 11 is 0. The molecule has 2 aromatic heterocycles. The summed E-state index contributed by atoms with van der Waals surface area (Å²) < 4.78 is 7.56. The van der Waals surface area contributed by atoms with Crippen molar-refractivity contribution in [2.24, 2.45) is 4.99 Å². The van der Waals surface area contributed by atoms with Gasteiger partial charge in [-0.3, -0.25) is 4.99 Å². The molecule has 2 heterocycles. The molecule has 0 aliphatic carbocycles. The van der Waals surface area contributed by atoms with Gasteiger partial charge in [0.25, 0.3) is 0 Å². The highest BCUT2D eigenvalue weighted by Gasteiger charge is 2.09. The molecule has 3 aromatic rings. The Labute approximate surface area is 166 Å². The van der Waals surface area contributed by atoms with Crippen LogP contribution < -0.4 is 10.6 Å². The molecule has 28 heavy (non-hydrogen) atoms. The molecule has 0 spiro atoms. The van der Waals surface area contributed by atoms with E-state index < -0.39 is 0 Å². The van der Waals surface area contributed by atoms with E-state index in [1.54, 1.807) is 0 Å². The number of para-hydroxylation sites is 1. The quantitative estimate of drug-likeness (QED) is 0.337. The highest BCUT2D eigenvalue weighted by Crippen LogP contribution is 2.15. The summed E-state index contributed by atoms with van der Waals surface area (Å²) in [5, 5.41) is 11.9. The molecule has 0 saturated heterocycles. The average molecular weight is 383 g/mol. The fourth-order valence-corrected chi connectivity index (χ4v) is 3.00. The molecule has 3 rings (SSSR count). The Morgan fingerprint density at radius 1 is 1.21 bits per heavy atom. The molecule has 0 amide bonds. The van der Waals surface area contributed by atoms with E-state index in [2.05, 4.69) is 87.6 Å². The number of rotatable bonds is 9. The molecule has 7 nitrogen and oxygen atoms in total. The topological polar surface area (TPSA) is 80.3 Å². The van der Waals surface area contributed by atoms with E-state index in [9.17, 15) is 0 Å². The molecule has 0 bridgehead atoms. The highest BCUT2D eigenvalue weighted by atomic mass is 16.5. The van der Waals surface area contributed by atoms with Gasteiger partial charge in [0.15, 0.2) is 11.8 Å².